The summed E-state index contributed by atoms with van der Waals surface area (Å²) in [6.45, 7) is 1.87. The molecule has 0 saturated heterocycles. The Morgan fingerprint density at radius 1 is 1.14 bits per heavy atom. The molecule has 0 bridgehead atoms. The molecule has 0 radical (unpaired) electrons. The van der Waals surface area contributed by atoms with Gasteiger partial charge in [-0.3, -0.25) is 9.78 Å². The van der Waals surface area contributed by atoms with Crippen LogP contribution in [0.5, 0.6) is 11.5 Å². The van der Waals surface area contributed by atoms with Crippen molar-refractivity contribution >= 4 is 17.9 Å². The number of aldehydes is 1. The number of benzene rings is 3. The van der Waals surface area contributed by atoms with E-state index in [2.05, 4.69) is 4.98 Å². The minimum atomic E-state index is -0.285. The fourth-order valence-corrected chi connectivity index (χ4v) is 4.86. The maximum Gasteiger partial charge on any atom is 0.153 e. The van der Waals surface area contributed by atoms with Crippen molar-refractivity contribution in [3.8, 4) is 28.7 Å². The van der Waals surface area contributed by atoms with Crippen molar-refractivity contribution in [2.75, 3.05) is 0 Å². The van der Waals surface area contributed by atoms with Crippen LogP contribution >= 0.6 is 11.6 Å². The molecule has 7 heteroatoms. The van der Waals surface area contributed by atoms with Crippen LogP contribution in [0.3, 0.4) is 0 Å². The number of carbonyl (C=O) groups excluding carboxylic acids is 1. The first kappa shape index (κ1) is 24.5. The van der Waals surface area contributed by atoms with Crippen molar-refractivity contribution in [1.82, 2.24) is 4.98 Å². The van der Waals surface area contributed by atoms with E-state index in [1.807, 2.05) is 30.3 Å². The van der Waals surface area contributed by atoms with Crippen molar-refractivity contribution in [3.63, 3.8) is 0 Å². The van der Waals surface area contributed by atoms with E-state index < -0.39 is 0 Å². The van der Waals surface area contributed by atoms with Gasteiger partial charge in [0.05, 0.1) is 16.1 Å². The van der Waals surface area contributed by atoms with Gasteiger partial charge in [-0.2, -0.15) is 5.26 Å². The van der Waals surface area contributed by atoms with Crippen molar-refractivity contribution in [2.45, 2.75) is 32.5 Å². The van der Waals surface area contributed by atoms with E-state index >= 15 is 0 Å². The highest BCUT2D eigenvalue weighted by Crippen LogP contribution is 2.43. The molecule has 1 aliphatic carbocycles. The average molecular weight is 513 g/mol. The number of fused-ring (bicyclic) bond motifs is 1. The Morgan fingerprint density at radius 3 is 2.76 bits per heavy atom. The van der Waals surface area contributed by atoms with E-state index in [1.165, 1.54) is 12.3 Å². The van der Waals surface area contributed by atoms with Gasteiger partial charge in [0.25, 0.3) is 0 Å². The minimum absolute atomic E-state index is 0.113. The SMILES string of the molecule is Cc1cccc(-c2cccc3c2CC[C@@H]3Oc2cc(OCc3cncc(C#N)c3)c(C=O)cc2Cl)c1F. The Kier molecular flexibility index (Phi) is 6.89. The number of rotatable bonds is 7. The van der Waals surface area contributed by atoms with Gasteiger partial charge in [-0.15, -0.1) is 0 Å². The summed E-state index contributed by atoms with van der Waals surface area (Å²) in [7, 11) is 0. The fourth-order valence-electron chi connectivity index (χ4n) is 4.65. The Bertz CT molecular complexity index is 1550. The van der Waals surface area contributed by atoms with Gasteiger partial charge in [0.1, 0.15) is 36.1 Å². The smallest absolute Gasteiger partial charge is 0.153 e. The molecule has 4 aromatic rings. The van der Waals surface area contributed by atoms with Crippen molar-refractivity contribution in [3.05, 3.63) is 111 Å². The minimum Gasteiger partial charge on any atom is -0.488 e. The zero-order valence-electron chi connectivity index (χ0n) is 20.0. The quantitative estimate of drug-likeness (QED) is 0.245. The lowest BCUT2D eigenvalue weighted by Gasteiger charge is -2.19. The van der Waals surface area contributed by atoms with E-state index in [-0.39, 0.29) is 29.1 Å². The number of pyridine rings is 1. The molecule has 0 N–H and O–H groups in total. The highest BCUT2D eigenvalue weighted by molar-refractivity contribution is 6.32. The number of carbonyl (C=O) groups is 1. The average Bonchev–Trinajstić information content (AvgIpc) is 3.33. The number of aromatic nitrogens is 1. The Hall–Kier alpha value is -4.21. The molecule has 3 aromatic carbocycles. The summed E-state index contributed by atoms with van der Waals surface area (Å²) in [5, 5.41) is 9.37. The first-order chi connectivity index (χ1) is 18.0. The molecule has 0 unspecified atom stereocenters. The van der Waals surface area contributed by atoms with Crippen LogP contribution < -0.4 is 9.47 Å². The number of hydrogen-bond donors (Lipinski definition) is 0. The van der Waals surface area contributed by atoms with Crippen LogP contribution in [-0.4, -0.2) is 11.3 Å². The maximum atomic E-state index is 14.9. The molecular weight excluding hydrogens is 491 g/mol. The number of halogens is 2. The summed E-state index contributed by atoms with van der Waals surface area (Å²) in [6.07, 6.45) is 4.88. The molecular formula is C30H22ClFN2O3. The van der Waals surface area contributed by atoms with Gasteiger partial charge in [-0.05, 0) is 54.2 Å². The molecule has 0 amide bonds. The van der Waals surface area contributed by atoms with Gasteiger partial charge in [-0.25, -0.2) is 4.39 Å². The van der Waals surface area contributed by atoms with Crippen LogP contribution in [0.25, 0.3) is 11.1 Å². The second-order valence-corrected chi connectivity index (χ2v) is 9.28. The van der Waals surface area contributed by atoms with Crippen LogP contribution in [0.15, 0.2) is 67.0 Å². The molecule has 1 atom stereocenters. The molecule has 1 aliphatic rings. The molecule has 184 valence electrons. The fraction of sp³-hybridized carbons (Fsp3) is 0.167. The Labute approximate surface area is 219 Å². The first-order valence-corrected chi connectivity index (χ1v) is 12.2. The molecule has 0 saturated carbocycles. The summed E-state index contributed by atoms with van der Waals surface area (Å²) in [5.74, 6) is 0.479. The first-order valence-electron chi connectivity index (χ1n) is 11.8. The normalized spacial score (nSPS) is 14.1. The Balaban J connectivity index is 1.42. The van der Waals surface area contributed by atoms with Gasteiger partial charge in [-0.1, -0.05) is 48.0 Å². The maximum absolute atomic E-state index is 14.9. The van der Waals surface area contributed by atoms with E-state index in [4.69, 9.17) is 26.3 Å². The number of hydrogen-bond acceptors (Lipinski definition) is 5. The van der Waals surface area contributed by atoms with Crippen molar-refractivity contribution in [1.29, 1.82) is 5.26 Å². The summed E-state index contributed by atoms with van der Waals surface area (Å²) in [6, 6.07) is 18.1. The van der Waals surface area contributed by atoms with Gasteiger partial charge in [0.15, 0.2) is 6.29 Å². The van der Waals surface area contributed by atoms with Gasteiger partial charge >= 0.3 is 0 Å². The second-order valence-electron chi connectivity index (χ2n) is 8.88. The van der Waals surface area contributed by atoms with E-state index in [0.29, 0.717) is 46.5 Å². The lowest BCUT2D eigenvalue weighted by molar-refractivity contribution is 0.111. The number of nitriles is 1. The van der Waals surface area contributed by atoms with Crippen molar-refractivity contribution in [2.24, 2.45) is 0 Å². The van der Waals surface area contributed by atoms with E-state index in [9.17, 15) is 9.18 Å². The van der Waals surface area contributed by atoms with Crippen LogP contribution in [0.4, 0.5) is 4.39 Å². The van der Waals surface area contributed by atoms with Gasteiger partial charge in [0.2, 0.25) is 0 Å². The summed E-state index contributed by atoms with van der Waals surface area (Å²) in [5.41, 5.74) is 5.47. The summed E-state index contributed by atoms with van der Waals surface area (Å²) >= 11 is 6.47. The van der Waals surface area contributed by atoms with E-state index in [0.717, 1.165) is 23.1 Å². The highest BCUT2D eigenvalue weighted by atomic mass is 35.5. The predicted molar refractivity (Wildman–Crippen MR) is 138 cm³/mol. The summed E-state index contributed by atoms with van der Waals surface area (Å²) < 4.78 is 27.1. The van der Waals surface area contributed by atoms with Crippen LogP contribution in [-0.2, 0) is 13.0 Å². The molecule has 37 heavy (non-hydrogen) atoms. The summed E-state index contributed by atoms with van der Waals surface area (Å²) in [4.78, 5) is 15.7. The molecule has 0 aliphatic heterocycles. The van der Waals surface area contributed by atoms with Crippen LogP contribution in [0, 0.1) is 24.1 Å². The Morgan fingerprint density at radius 2 is 1.95 bits per heavy atom. The van der Waals surface area contributed by atoms with E-state index in [1.54, 1.807) is 37.4 Å². The van der Waals surface area contributed by atoms with Gasteiger partial charge in [0, 0.05) is 29.6 Å². The second kappa shape index (κ2) is 10.4. The molecule has 5 nitrogen and oxygen atoms in total. The lowest BCUT2D eigenvalue weighted by Crippen LogP contribution is -2.06. The third-order valence-electron chi connectivity index (χ3n) is 6.48. The number of aryl methyl sites for hydroxylation is 1. The van der Waals surface area contributed by atoms with Crippen molar-refractivity contribution < 1.29 is 18.7 Å². The number of ether oxygens (including phenoxy) is 2. The largest absolute Gasteiger partial charge is 0.488 e. The van der Waals surface area contributed by atoms with Gasteiger partial charge < -0.3 is 9.47 Å². The molecule has 1 heterocycles. The molecule has 0 fully saturated rings. The van der Waals surface area contributed by atoms with Crippen LogP contribution in [0.1, 0.15) is 50.7 Å². The zero-order valence-corrected chi connectivity index (χ0v) is 20.8. The molecule has 5 rings (SSSR count). The monoisotopic (exact) mass is 512 g/mol. The topological polar surface area (TPSA) is 72.2 Å². The third-order valence-corrected chi connectivity index (χ3v) is 6.77. The van der Waals surface area contributed by atoms with Crippen LogP contribution in [0.2, 0.25) is 5.02 Å². The molecule has 1 aromatic heterocycles. The standard InChI is InChI=1S/C30H22ClFN2O3/c1-18-4-2-7-25(30(18)32)22-5-3-6-24-23(22)8-9-27(24)37-29-12-28(21(16-35)11-26(29)31)36-17-20-10-19(13-33)14-34-15-20/h2-7,10-12,14-16,27H,8-9,17H2,1H3/t27-/m0/s1. The molecule has 0 spiro atoms. The highest BCUT2D eigenvalue weighted by Gasteiger charge is 2.28. The number of nitrogens with zero attached hydrogens (tertiary/aromatic N) is 2. The zero-order chi connectivity index (χ0) is 25.9. The predicted octanol–water partition coefficient (Wildman–Crippen LogP) is 7.18. The third kappa shape index (κ3) is 4.91. The lowest BCUT2D eigenvalue weighted by atomic mass is 9.95.